The average molecular weight is 438 g/mol. The van der Waals surface area contributed by atoms with E-state index in [4.69, 9.17) is 5.73 Å². The van der Waals surface area contributed by atoms with Gasteiger partial charge in [-0.05, 0) is 49.1 Å². The zero-order valence-corrected chi connectivity index (χ0v) is 18.8. The number of benzene rings is 2. The number of rotatable bonds is 7. The van der Waals surface area contributed by atoms with Gasteiger partial charge in [-0.2, -0.15) is 0 Å². The summed E-state index contributed by atoms with van der Waals surface area (Å²) in [6.07, 6.45) is 3.68. The number of hydrogen-bond acceptors (Lipinski definition) is 3. The average Bonchev–Trinajstić information content (AvgIpc) is 2.69. The van der Waals surface area contributed by atoms with Gasteiger partial charge in [-0.1, -0.05) is 49.4 Å². The molecule has 0 aliphatic carbocycles. The van der Waals surface area contributed by atoms with E-state index in [-0.39, 0.29) is 30.7 Å². The topological polar surface area (TPSA) is 49.6 Å². The van der Waals surface area contributed by atoms with Gasteiger partial charge in [0.25, 0.3) is 0 Å². The van der Waals surface area contributed by atoms with Crippen LogP contribution in [-0.4, -0.2) is 41.4 Å². The molecule has 1 fully saturated rings. The molecule has 2 N–H and O–H groups in total. The van der Waals surface area contributed by atoms with E-state index in [9.17, 15) is 4.79 Å². The number of nitrogen functional groups attached to an aromatic ring is 1. The predicted octanol–water partition coefficient (Wildman–Crippen LogP) is 4.56. The second-order valence-electron chi connectivity index (χ2n) is 7.52. The minimum atomic E-state index is 0. The summed E-state index contributed by atoms with van der Waals surface area (Å²) in [5.41, 5.74) is 8.87. The van der Waals surface area contributed by atoms with E-state index in [0.717, 1.165) is 56.7 Å². The molecule has 1 aliphatic heterocycles. The van der Waals surface area contributed by atoms with Gasteiger partial charge in [0.15, 0.2) is 0 Å². The summed E-state index contributed by atoms with van der Waals surface area (Å²) in [5.74, 6) is 0.230. The number of hydrogen-bond donors (Lipinski definition) is 1. The molecule has 2 aromatic rings. The molecule has 160 valence electrons. The first-order valence-corrected chi connectivity index (χ1v) is 10.1. The lowest BCUT2D eigenvalue weighted by Gasteiger charge is -2.39. The lowest BCUT2D eigenvalue weighted by molar-refractivity contribution is -0.134. The van der Waals surface area contributed by atoms with E-state index in [2.05, 4.69) is 47.1 Å². The minimum Gasteiger partial charge on any atom is -0.399 e. The zero-order chi connectivity index (χ0) is 19.1. The normalized spacial score (nSPS) is 16.4. The van der Waals surface area contributed by atoms with Gasteiger partial charge in [-0.3, -0.25) is 9.69 Å². The van der Waals surface area contributed by atoms with Gasteiger partial charge in [-0.15, -0.1) is 24.8 Å². The van der Waals surface area contributed by atoms with Crippen molar-refractivity contribution in [1.29, 1.82) is 0 Å². The summed E-state index contributed by atoms with van der Waals surface area (Å²) in [6, 6.07) is 18.6. The van der Waals surface area contributed by atoms with Crippen molar-refractivity contribution < 1.29 is 4.79 Å². The number of amides is 1. The summed E-state index contributed by atoms with van der Waals surface area (Å²) < 4.78 is 0. The smallest absolute Gasteiger partial charge is 0.227 e. The van der Waals surface area contributed by atoms with Gasteiger partial charge >= 0.3 is 0 Å². The van der Waals surface area contributed by atoms with Gasteiger partial charge < -0.3 is 10.6 Å². The summed E-state index contributed by atoms with van der Waals surface area (Å²) in [7, 11) is 0. The molecule has 0 bridgehead atoms. The van der Waals surface area contributed by atoms with Crippen LogP contribution in [0.1, 0.15) is 37.3 Å². The van der Waals surface area contributed by atoms with Crippen LogP contribution in [0.5, 0.6) is 0 Å². The van der Waals surface area contributed by atoms with Crippen LogP contribution in [0.15, 0.2) is 54.6 Å². The summed E-state index contributed by atoms with van der Waals surface area (Å²) in [6.45, 7) is 6.01. The Kier molecular flexibility index (Phi) is 11.1. The Morgan fingerprint density at radius 1 is 1.07 bits per heavy atom. The fourth-order valence-electron chi connectivity index (χ4n) is 3.93. The van der Waals surface area contributed by atoms with Gasteiger partial charge in [-0.25, -0.2) is 0 Å². The molecule has 1 amide bonds. The van der Waals surface area contributed by atoms with Crippen molar-refractivity contribution in [3.8, 4) is 0 Å². The lowest BCUT2D eigenvalue weighted by atomic mass is 10.0. The number of likely N-dealkylation sites (tertiary alicyclic amines) is 1. The Hall–Kier alpha value is -1.75. The molecule has 4 nitrogen and oxygen atoms in total. The standard InChI is InChI=1S/C23H31N3O.2ClH/c1-2-14-26(23(27)16-19-10-12-21(24)13-11-19)22-9-6-15-25(18-22)17-20-7-4-3-5-8-20;;/h3-5,7-8,10-13,22H,2,6,9,14-18,24H2,1H3;2*1H. The molecule has 0 radical (unpaired) electrons. The van der Waals surface area contributed by atoms with Crippen LogP contribution in [-0.2, 0) is 17.8 Å². The first-order valence-electron chi connectivity index (χ1n) is 10.1. The third kappa shape index (κ3) is 7.54. The molecule has 0 spiro atoms. The lowest BCUT2D eigenvalue weighted by Crippen LogP contribution is -2.50. The highest BCUT2D eigenvalue weighted by Gasteiger charge is 2.28. The number of anilines is 1. The van der Waals surface area contributed by atoms with Crippen LogP contribution < -0.4 is 5.73 Å². The minimum absolute atomic E-state index is 0. The van der Waals surface area contributed by atoms with E-state index < -0.39 is 0 Å². The van der Waals surface area contributed by atoms with E-state index in [1.807, 2.05) is 24.3 Å². The maximum Gasteiger partial charge on any atom is 0.227 e. The molecule has 0 aromatic heterocycles. The molecule has 1 aliphatic rings. The monoisotopic (exact) mass is 437 g/mol. The number of piperidine rings is 1. The number of carbonyl (C=O) groups is 1. The van der Waals surface area contributed by atoms with Crippen molar-refractivity contribution >= 4 is 36.4 Å². The van der Waals surface area contributed by atoms with Crippen LogP contribution in [0.2, 0.25) is 0 Å². The molecule has 1 heterocycles. The van der Waals surface area contributed by atoms with Gasteiger partial charge in [0.2, 0.25) is 5.91 Å². The van der Waals surface area contributed by atoms with Crippen molar-refractivity contribution in [3.63, 3.8) is 0 Å². The molecular formula is C23H33Cl2N3O. The summed E-state index contributed by atoms with van der Waals surface area (Å²) in [5, 5.41) is 0. The van der Waals surface area contributed by atoms with Crippen molar-refractivity contribution in [2.45, 2.75) is 45.2 Å². The van der Waals surface area contributed by atoms with E-state index in [0.29, 0.717) is 12.5 Å². The van der Waals surface area contributed by atoms with Gasteiger partial charge in [0, 0.05) is 31.4 Å². The van der Waals surface area contributed by atoms with Crippen molar-refractivity contribution in [2.24, 2.45) is 0 Å². The van der Waals surface area contributed by atoms with E-state index in [1.165, 1.54) is 5.56 Å². The van der Waals surface area contributed by atoms with Gasteiger partial charge in [0.1, 0.15) is 0 Å². The maximum absolute atomic E-state index is 13.0. The number of halogens is 2. The number of nitrogens with two attached hydrogens (primary N) is 1. The highest BCUT2D eigenvalue weighted by atomic mass is 35.5. The molecule has 6 heteroatoms. The van der Waals surface area contributed by atoms with Crippen LogP contribution in [0, 0.1) is 0 Å². The first-order chi connectivity index (χ1) is 13.2. The number of nitrogens with zero attached hydrogens (tertiary/aromatic N) is 2. The van der Waals surface area contributed by atoms with E-state index >= 15 is 0 Å². The van der Waals surface area contributed by atoms with Crippen LogP contribution in [0.25, 0.3) is 0 Å². The second-order valence-corrected chi connectivity index (χ2v) is 7.52. The quantitative estimate of drug-likeness (QED) is 0.645. The molecule has 1 saturated heterocycles. The Morgan fingerprint density at radius 2 is 1.76 bits per heavy atom. The largest absolute Gasteiger partial charge is 0.399 e. The molecule has 29 heavy (non-hydrogen) atoms. The Bertz CT molecular complexity index is 725. The fourth-order valence-corrected chi connectivity index (χ4v) is 3.93. The van der Waals surface area contributed by atoms with Crippen molar-refractivity contribution in [2.75, 3.05) is 25.4 Å². The molecule has 0 saturated carbocycles. The van der Waals surface area contributed by atoms with Crippen molar-refractivity contribution in [1.82, 2.24) is 9.80 Å². The molecule has 1 unspecified atom stereocenters. The molecule has 1 atom stereocenters. The Labute approximate surface area is 187 Å². The van der Waals surface area contributed by atoms with Crippen LogP contribution in [0.3, 0.4) is 0 Å². The third-order valence-electron chi connectivity index (χ3n) is 5.29. The third-order valence-corrected chi connectivity index (χ3v) is 5.29. The Balaban J connectivity index is 0.00000210. The predicted molar refractivity (Wildman–Crippen MR) is 126 cm³/mol. The molecule has 2 aromatic carbocycles. The SMILES string of the molecule is CCCN(C(=O)Cc1ccc(N)cc1)C1CCCN(Cc2ccccc2)C1.Cl.Cl. The summed E-state index contributed by atoms with van der Waals surface area (Å²) >= 11 is 0. The van der Waals surface area contributed by atoms with Crippen LogP contribution in [0.4, 0.5) is 5.69 Å². The fraction of sp³-hybridized carbons (Fsp3) is 0.435. The highest BCUT2D eigenvalue weighted by molar-refractivity contribution is 5.85. The zero-order valence-electron chi connectivity index (χ0n) is 17.1. The second kappa shape index (κ2) is 12.7. The van der Waals surface area contributed by atoms with Gasteiger partial charge in [0.05, 0.1) is 6.42 Å². The first kappa shape index (κ1) is 25.3. The van der Waals surface area contributed by atoms with Crippen molar-refractivity contribution in [3.05, 3.63) is 65.7 Å². The Morgan fingerprint density at radius 3 is 2.41 bits per heavy atom. The maximum atomic E-state index is 13.0. The molecular weight excluding hydrogens is 405 g/mol. The summed E-state index contributed by atoms with van der Waals surface area (Å²) in [4.78, 5) is 17.6. The van der Waals surface area contributed by atoms with E-state index in [1.54, 1.807) is 0 Å². The molecule has 3 rings (SSSR count). The number of carbonyl (C=O) groups excluding carboxylic acids is 1. The highest BCUT2D eigenvalue weighted by Crippen LogP contribution is 2.20. The van der Waals surface area contributed by atoms with Crippen LogP contribution >= 0.6 is 24.8 Å².